The fraction of sp³-hybridized carbons (Fsp3) is 0.600. The summed E-state index contributed by atoms with van der Waals surface area (Å²) in [4.78, 5) is 8.27. The lowest BCUT2D eigenvalue weighted by molar-refractivity contribution is 0.191. The van der Waals surface area contributed by atoms with E-state index in [1.54, 1.807) is 25.2 Å². The first-order valence-corrected chi connectivity index (χ1v) is 6.10. The molecule has 0 bridgehead atoms. The van der Waals surface area contributed by atoms with Gasteiger partial charge in [0.05, 0.1) is 0 Å². The van der Waals surface area contributed by atoms with Crippen molar-refractivity contribution >= 4 is 17.6 Å². The molecule has 1 aromatic heterocycles. The molecule has 0 aliphatic rings. The monoisotopic (exact) mass is 227 g/mol. The minimum absolute atomic E-state index is 0.356. The summed E-state index contributed by atoms with van der Waals surface area (Å²) in [7, 11) is 1.71. The minimum atomic E-state index is 0.356. The van der Waals surface area contributed by atoms with Gasteiger partial charge in [0.1, 0.15) is 17.2 Å². The van der Waals surface area contributed by atoms with Crippen LogP contribution in [0.3, 0.4) is 0 Å². The highest BCUT2D eigenvalue weighted by atomic mass is 32.2. The highest BCUT2D eigenvalue weighted by molar-refractivity contribution is 7.98. The Morgan fingerprint density at radius 3 is 3.00 bits per heavy atom. The van der Waals surface area contributed by atoms with E-state index in [1.165, 1.54) is 0 Å². The van der Waals surface area contributed by atoms with E-state index in [2.05, 4.69) is 22.2 Å². The van der Waals surface area contributed by atoms with Crippen LogP contribution in [0.15, 0.2) is 17.4 Å². The van der Waals surface area contributed by atoms with Crippen molar-refractivity contribution in [2.75, 3.05) is 25.3 Å². The molecule has 1 heterocycles. The number of ether oxygens (including phenoxy) is 1. The van der Waals surface area contributed by atoms with Gasteiger partial charge in [0.2, 0.25) is 0 Å². The number of anilines is 1. The number of thioether (sulfide) groups is 1. The molecule has 0 amide bonds. The largest absolute Gasteiger partial charge is 0.385 e. The Bertz CT molecular complexity index is 296. The molecule has 0 spiro atoms. The highest BCUT2D eigenvalue weighted by Crippen LogP contribution is 2.14. The van der Waals surface area contributed by atoms with E-state index in [9.17, 15) is 0 Å². The van der Waals surface area contributed by atoms with Crippen LogP contribution >= 0.6 is 11.8 Å². The van der Waals surface area contributed by atoms with E-state index in [0.717, 1.165) is 23.9 Å². The standard InChI is InChI=1S/C10H17N3OS/c1-8(4-5-14-2)13-9-6-10(15-3)12-7-11-9/h6-8H,4-5H2,1-3H3,(H,11,12,13). The van der Waals surface area contributed by atoms with E-state index in [0.29, 0.717) is 6.04 Å². The molecule has 0 fully saturated rings. The lowest BCUT2D eigenvalue weighted by Gasteiger charge is -2.13. The molecule has 5 heteroatoms. The molecule has 15 heavy (non-hydrogen) atoms. The van der Waals surface area contributed by atoms with E-state index in [-0.39, 0.29) is 0 Å². The molecular formula is C10H17N3OS. The van der Waals surface area contributed by atoms with E-state index < -0.39 is 0 Å². The van der Waals surface area contributed by atoms with Gasteiger partial charge in [0.25, 0.3) is 0 Å². The number of methoxy groups -OCH3 is 1. The molecule has 0 aromatic carbocycles. The molecule has 1 atom stereocenters. The Kier molecular flexibility index (Phi) is 5.42. The summed E-state index contributed by atoms with van der Waals surface area (Å²) < 4.78 is 5.02. The third kappa shape index (κ3) is 4.48. The molecule has 1 unspecified atom stereocenters. The van der Waals surface area contributed by atoms with Crippen LogP contribution in [0, 0.1) is 0 Å². The predicted molar refractivity (Wildman–Crippen MR) is 63.4 cm³/mol. The molecule has 0 saturated heterocycles. The van der Waals surface area contributed by atoms with Crippen molar-refractivity contribution in [2.24, 2.45) is 0 Å². The zero-order chi connectivity index (χ0) is 11.1. The summed E-state index contributed by atoms with van der Waals surface area (Å²) in [6, 6.07) is 2.31. The first kappa shape index (κ1) is 12.3. The van der Waals surface area contributed by atoms with Crippen molar-refractivity contribution < 1.29 is 4.74 Å². The molecule has 1 aromatic rings. The summed E-state index contributed by atoms with van der Waals surface area (Å²) in [6.45, 7) is 2.87. The Labute approximate surface area is 94.8 Å². The molecule has 1 N–H and O–H groups in total. The predicted octanol–water partition coefficient (Wildman–Crippen LogP) is 2.04. The Morgan fingerprint density at radius 1 is 1.53 bits per heavy atom. The maximum atomic E-state index is 5.02. The van der Waals surface area contributed by atoms with Crippen molar-refractivity contribution in [3.63, 3.8) is 0 Å². The van der Waals surface area contributed by atoms with Gasteiger partial charge in [-0.3, -0.25) is 0 Å². The van der Waals surface area contributed by atoms with Crippen molar-refractivity contribution in [3.05, 3.63) is 12.4 Å². The normalized spacial score (nSPS) is 12.5. The van der Waals surface area contributed by atoms with Crippen LogP contribution in [-0.4, -0.2) is 36.0 Å². The average molecular weight is 227 g/mol. The Hall–Kier alpha value is -0.810. The molecule has 0 aliphatic carbocycles. The van der Waals surface area contributed by atoms with Gasteiger partial charge >= 0.3 is 0 Å². The molecule has 0 saturated carbocycles. The quantitative estimate of drug-likeness (QED) is 0.595. The molecule has 1 rings (SSSR count). The van der Waals surface area contributed by atoms with Crippen LogP contribution in [0.2, 0.25) is 0 Å². The zero-order valence-electron chi connectivity index (χ0n) is 9.36. The van der Waals surface area contributed by atoms with Crippen LogP contribution in [-0.2, 0) is 4.74 Å². The molecule has 0 aliphatic heterocycles. The number of hydrogen-bond acceptors (Lipinski definition) is 5. The second-order valence-corrected chi connectivity index (χ2v) is 4.10. The summed E-state index contributed by atoms with van der Waals surface area (Å²) in [5.41, 5.74) is 0. The second kappa shape index (κ2) is 6.63. The van der Waals surface area contributed by atoms with Gasteiger partial charge in [0.15, 0.2) is 0 Å². The van der Waals surface area contributed by atoms with Crippen LogP contribution in [0.1, 0.15) is 13.3 Å². The van der Waals surface area contributed by atoms with Gasteiger partial charge in [-0.15, -0.1) is 11.8 Å². The Balaban J connectivity index is 2.48. The highest BCUT2D eigenvalue weighted by Gasteiger charge is 2.03. The van der Waals surface area contributed by atoms with Crippen LogP contribution in [0.5, 0.6) is 0 Å². The Morgan fingerprint density at radius 2 is 2.33 bits per heavy atom. The maximum absolute atomic E-state index is 5.02. The fourth-order valence-corrected chi connectivity index (χ4v) is 1.53. The van der Waals surface area contributed by atoms with Gasteiger partial charge in [-0.2, -0.15) is 0 Å². The first-order valence-electron chi connectivity index (χ1n) is 4.87. The van der Waals surface area contributed by atoms with Gasteiger partial charge in [-0.05, 0) is 19.6 Å². The number of rotatable bonds is 6. The van der Waals surface area contributed by atoms with E-state index in [4.69, 9.17) is 4.74 Å². The lowest BCUT2D eigenvalue weighted by atomic mass is 10.2. The van der Waals surface area contributed by atoms with E-state index >= 15 is 0 Å². The summed E-state index contributed by atoms with van der Waals surface area (Å²) in [6.07, 6.45) is 4.55. The topological polar surface area (TPSA) is 47.0 Å². The third-order valence-corrected chi connectivity index (χ3v) is 2.64. The average Bonchev–Trinajstić information content (AvgIpc) is 2.26. The van der Waals surface area contributed by atoms with Gasteiger partial charge < -0.3 is 10.1 Å². The molecule has 4 nitrogen and oxygen atoms in total. The fourth-order valence-electron chi connectivity index (χ4n) is 1.15. The van der Waals surface area contributed by atoms with E-state index in [1.807, 2.05) is 12.3 Å². The number of aromatic nitrogens is 2. The van der Waals surface area contributed by atoms with Crippen molar-refractivity contribution in [1.82, 2.24) is 9.97 Å². The van der Waals surface area contributed by atoms with Gasteiger partial charge in [-0.1, -0.05) is 0 Å². The van der Waals surface area contributed by atoms with Crippen molar-refractivity contribution in [2.45, 2.75) is 24.4 Å². The van der Waals surface area contributed by atoms with Gasteiger partial charge in [-0.25, -0.2) is 9.97 Å². The zero-order valence-corrected chi connectivity index (χ0v) is 10.2. The number of nitrogens with zero attached hydrogens (tertiary/aromatic N) is 2. The summed E-state index contributed by atoms with van der Waals surface area (Å²) >= 11 is 1.61. The summed E-state index contributed by atoms with van der Waals surface area (Å²) in [5.74, 6) is 0.873. The lowest BCUT2D eigenvalue weighted by Crippen LogP contribution is -2.18. The van der Waals surface area contributed by atoms with Crippen LogP contribution < -0.4 is 5.32 Å². The van der Waals surface area contributed by atoms with Gasteiger partial charge in [0, 0.05) is 25.8 Å². The minimum Gasteiger partial charge on any atom is -0.385 e. The SMILES string of the molecule is COCCC(C)Nc1cc(SC)ncn1. The molecule has 84 valence electrons. The molecular weight excluding hydrogens is 210 g/mol. The number of hydrogen-bond donors (Lipinski definition) is 1. The smallest absolute Gasteiger partial charge is 0.130 e. The van der Waals surface area contributed by atoms with Crippen LogP contribution in [0.25, 0.3) is 0 Å². The summed E-state index contributed by atoms with van der Waals surface area (Å²) in [5, 5.41) is 4.29. The maximum Gasteiger partial charge on any atom is 0.130 e. The third-order valence-electron chi connectivity index (χ3n) is 2.00. The van der Waals surface area contributed by atoms with Crippen molar-refractivity contribution in [3.8, 4) is 0 Å². The second-order valence-electron chi connectivity index (χ2n) is 3.27. The van der Waals surface area contributed by atoms with Crippen LogP contribution in [0.4, 0.5) is 5.82 Å². The number of nitrogens with one attached hydrogen (secondary N) is 1. The molecule has 0 radical (unpaired) electrons. The first-order chi connectivity index (χ1) is 7.26. The van der Waals surface area contributed by atoms with Crippen molar-refractivity contribution in [1.29, 1.82) is 0 Å².